The maximum absolute atomic E-state index is 14.1. The van der Waals surface area contributed by atoms with Gasteiger partial charge in [-0.05, 0) is 47.9 Å². The van der Waals surface area contributed by atoms with Crippen LogP contribution in [0.2, 0.25) is 0 Å². The summed E-state index contributed by atoms with van der Waals surface area (Å²) < 4.78 is 5.36. The maximum atomic E-state index is 14.1. The monoisotopic (exact) mass is 444 g/mol. The van der Waals surface area contributed by atoms with Crippen molar-refractivity contribution in [3.8, 4) is 5.75 Å². The van der Waals surface area contributed by atoms with Crippen LogP contribution in [0.4, 0.5) is 11.4 Å². The zero-order valence-electron chi connectivity index (χ0n) is 18.1. The van der Waals surface area contributed by atoms with E-state index in [1.54, 1.807) is 16.9 Å². The van der Waals surface area contributed by atoms with Gasteiger partial charge in [0, 0.05) is 11.3 Å². The maximum Gasteiger partial charge on any atom is 0.269 e. The molecule has 0 bridgehead atoms. The van der Waals surface area contributed by atoms with E-state index >= 15 is 0 Å². The lowest BCUT2D eigenvalue weighted by Gasteiger charge is -2.33. The standard InChI is InChI=1S/C26H24N2O3S/c1-3-18-8-6-10-20(14-18)28-24(29)17-32-26(28)22-12-4-5-13-23(22)27(25(26)30)16-19-9-7-11-21(15-19)31-2/h4-15H,3,16-17H2,1-2H3/t26-/m1/s1. The first-order valence-corrected chi connectivity index (χ1v) is 11.7. The van der Waals surface area contributed by atoms with Gasteiger partial charge in [-0.3, -0.25) is 14.5 Å². The van der Waals surface area contributed by atoms with Gasteiger partial charge in [0.2, 0.25) is 10.8 Å². The average Bonchev–Trinajstić information content (AvgIpc) is 3.30. The van der Waals surface area contributed by atoms with E-state index in [4.69, 9.17) is 4.74 Å². The molecule has 2 heterocycles. The van der Waals surface area contributed by atoms with E-state index in [1.807, 2.05) is 72.8 Å². The predicted octanol–water partition coefficient (Wildman–Crippen LogP) is 4.74. The van der Waals surface area contributed by atoms with Gasteiger partial charge in [0.05, 0.1) is 25.1 Å². The number of rotatable bonds is 5. The molecule has 1 spiro atoms. The molecule has 162 valence electrons. The molecule has 0 N–H and O–H groups in total. The number of nitrogens with zero attached hydrogens (tertiary/aromatic N) is 2. The van der Waals surface area contributed by atoms with Crippen LogP contribution in [0, 0.1) is 0 Å². The van der Waals surface area contributed by atoms with Gasteiger partial charge < -0.3 is 9.64 Å². The number of hydrogen-bond acceptors (Lipinski definition) is 4. The summed E-state index contributed by atoms with van der Waals surface area (Å²) in [5.41, 5.74) is 4.59. The second-order valence-electron chi connectivity index (χ2n) is 7.95. The van der Waals surface area contributed by atoms with Gasteiger partial charge >= 0.3 is 0 Å². The summed E-state index contributed by atoms with van der Waals surface area (Å²) in [5.74, 6) is 0.887. The molecule has 1 atom stereocenters. The van der Waals surface area contributed by atoms with Crippen LogP contribution >= 0.6 is 11.8 Å². The van der Waals surface area contributed by atoms with Crippen molar-refractivity contribution in [2.75, 3.05) is 22.7 Å². The van der Waals surface area contributed by atoms with Crippen molar-refractivity contribution in [1.82, 2.24) is 0 Å². The summed E-state index contributed by atoms with van der Waals surface area (Å²) in [4.78, 5) is 29.7. The fourth-order valence-corrected chi connectivity index (χ4v) is 5.94. The van der Waals surface area contributed by atoms with Gasteiger partial charge in [0.1, 0.15) is 5.75 Å². The molecule has 2 aliphatic heterocycles. The van der Waals surface area contributed by atoms with E-state index in [9.17, 15) is 9.59 Å². The van der Waals surface area contributed by atoms with Crippen molar-refractivity contribution in [3.63, 3.8) is 0 Å². The van der Waals surface area contributed by atoms with Crippen molar-refractivity contribution in [1.29, 1.82) is 0 Å². The molecule has 5 nitrogen and oxygen atoms in total. The Kier molecular flexibility index (Phi) is 5.18. The summed E-state index contributed by atoms with van der Waals surface area (Å²) in [6, 6.07) is 23.5. The first-order valence-electron chi connectivity index (χ1n) is 10.7. The van der Waals surface area contributed by atoms with Crippen LogP contribution in [0.25, 0.3) is 0 Å². The summed E-state index contributed by atoms with van der Waals surface area (Å²) in [7, 11) is 1.63. The Hall–Kier alpha value is -3.25. The van der Waals surface area contributed by atoms with Crippen LogP contribution in [-0.4, -0.2) is 24.7 Å². The van der Waals surface area contributed by atoms with E-state index < -0.39 is 4.87 Å². The highest BCUT2D eigenvalue weighted by Crippen LogP contribution is 2.56. The van der Waals surface area contributed by atoms with Gasteiger partial charge in [-0.15, -0.1) is 11.8 Å². The number of methoxy groups -OCH3 is 1. The van der Waals surface area contributed by atoms with E-state index in [0.29, 0.717) is 6.54 Å². The third kappa shape index (κ3) is 3.09. The molecule has 2 amide bonds. The summed E-state index contributed by atoms with van der Waals surface area (Å²) in [6.07, 6.45) is 0.864. The Balaban J connectivity index is 1.62. The third-order valence-corrected chi connectivity index (χ3v) is 7.50. The van der Waals surface area contributed by atoms with Crippen LogP contribution < -0.4 is 14.5 Å². The van der Waals surface area contributed by atoms with Crippen LogP contribution in [0.15, 0.2) is 72.8 Å². The number of carbonyl (C=O) groups is 2. The molecule has 3 aromatic rings. The summed E-state index contributed by atoms with van der Waals surface area (Å²) in [5, 5.41) is 0. The number of ether oxygens (including phenoxy) is 1. The minimum absolute atomic E-state index is 0.0466. The van der Waals surface area contributed by atoms with Gasteiger partial charge in [-0.2, -0.15) is 0 Å². The smallest absolute Gasteiger partial charge is 0.269 e. The van der Waals surface area contributed by atoms with Crippen molar-refractivity contribution in [2.45, 2.75) is 24.8 Å². The second-order valence-corrected chi connectivity index (χ2v) is 9.11. The Morgan fingerprint density at radius 1 is 0.969 bits per heavy atom. The Morgan fingerprint density at radius 2 is 1.75 bits per heavy atom. The molecule has 6 heteroatoms. The zero-order chi connectivity index (χ0) is 22.3. The molecule has 0 saturated carbocycles. The number of hydrogen-bond donors (Lipinski definition) is 0. The molecule has 3 aromatic carbocycles. The number of benzene rings is 3. The zero-order valence-corrected chi connectivity index (χ0v) is 18.9. The Bertz CT molecular complexity index is 1210. The van der Waals surface area contributed by atoms with Gasteiger partial charge in [0.25, 0.3) is 5.91 Å². The number of thioether (sulfide) groups is 1. The lowest BCUT2D eigenvalue weighted by Crippen LogP contribution is -2.49. The van der Waals surface area contributed by atoms with Gasteiger partial charge in [-0.25, -0.2) is 0 Å². The van der Waals surface area contributed by atoms with Gasteiger partial charge in [-0.1, -0.05) is 49.4 Å². The Morgan fingerprint density at radius 3 is 2.56 bits per heavy atom. The highest BCUT2D eigenvalue weighted by atomic mass is 32.2. The Labute approximate surface area is 192 Å². The van der Waals surface area contributed by atoms with E-state index in [2.05, 4.69) is 6.92 Å². The predicted molar refractivity (Wildman–Crippen MR) is 128 cm³/mol. The van der Waals surface area contributed by atoms with Crippen molar-refractivity contribution < 1.29 is 14.3 Å². The number of fused-ring (bicyclic) bond motifs is 2. The number of para-hydroxylation sites is 1. The molecule has 1 fully saturated rings. The van der Waals surface area contributed by atoms with Crippen molar-refractivity contribution >= 4 is 35.0 Å². The number of carbonyl (C=O) groups excluding carboxylic acids is 2. The van der Waals surface area contributed by atoms with Gasteiger partial charge in [0.15, 0.2) is 0 Å². The molecule has 5 rings (SSSR count). The van der Waals surface area contributed by atoms with Crippen molar-refractivity contribution in [2.24, 2.45) is 0 Å². The molecule has 1 saturated heterocycles. The molecular formula is C26H24N2O3S. The van der Waals surface area contributed by atoms with E-state index in [1.165, 1.54) is 11.8 Å². The van der Waals surface area contributed by atoms with E-state index in [-0.39, 0.29) is 17.6 Å². The quantitative estimate of drug-likeness (QED) is 0.571. The van der Waals surface area contributed by atoms with Crippen molar-refractivity contribution in [3.05, 3.63) is 89.5 Å². The molecule has 0 unspecified atom stereocenters. The fraction of sp³-hybridized carbons (Fsp3) is 0.231. The topological polar surface area (TPSA) is 49.9 Å². The summed E-state index contributed by atoms with van der Waals surface area (Å²) in [6.45, 7) is 2.49. The fourth-order valence-electron chi connectivity index (χ4n) is 4.58. The van der Waals surface area contributed by atoms with Crippen LogP contribution in [0.3, 0.4) is 0 Å². The molecule has 2 aliphatic rings. The number of amides is 2. The third-order valence-electron chi connectivity index (χ3n) is 6.12. The van der Waals surface area contributed by atoms with Crippen LogP contribution in [0.5, 0.6) is 5.75 Å². The van der Waals surface area contributed by atoms with Crippen LogP contribution in [0.1, 0.15) is 23.6 Å². The first kappa shape index (κ1) is 20.6. The minimum Gasteiger partial charge on any atom is -0.497 e. The summed E-state index contributed by atoms with van der Waals surface area (Å²) >= 11 is 1.41. The SMILES string of the molecule is CCc1cccc(N2C(=O)CS[C@]23C(=O)N(Cc2cccc(OC)c2)c2ccccc23)c1. The first-order chi connectivity index (χ1) is 15.6. The number of aryl methyl sites for hydroxylation is 1. The molecule has 0 radical (unpaired) electrons. The largest absolute Gasteiger partial charge is 0.497 e. The normalized spacial score (nSPS) is 19.7. The lowest BCUT2D eigenvalue weighted by molar-refractivity contribution is -0.123. The lowest BCUT2D eigenvalue weighted by atomic mass is 10.0. The molecule has 0 aliphatic carbocycles. The van der Waals surface area contributed by atoms with Crippen LogP contribution in [-0.2, 0) is 27.4 Å². The second kappa shape index (κ2) is 8.02. The van der Waals surface area contributed by atoms with E-state index in [0.717, 1.165) is 40.2 Å². The molecule has 0 aromatic heterocycles. The minimum atomic E-state index is -1.08. The number of anilines is 2. The highest BCUT2D eigenvalue weighted by molar-refractivity contribution is 8.02. The highest BCUT2D eigenvalue weighted by Gasteiger charge is 2.60. The average molecular weight is 445 g/mol. The molecule has 32 heavy (non-hydrogen) atoms. The molecular weight excluding hydrogens is 420 g/mol.